The number of para-hydroxylation sites is 1. The van der Waals surface area contributed by atoms with E-state index in [1.807, 2.05) is 53.1 Å². The number of carbonyl (C=O) groups is 1. The van der Waals surface area contributed by atoms with Crippen LogP contribution in [0, 0.1) is 0 Å². The minimum absolute atomic E-state index is 0.0637. The van der Waals surface area contributed by atoms with E-state index in [2.05, 4.69) is 10.2 Å². The molecule has 10 heteroatoms. The maximum Gasteiger partial charge on any atom is 0.316 e. The topological polar surface area (TPSA) is 88.2 Å². The van der Waals surface area contributed by atoms with Crippen LogP contribution in [0.1, 0.15) is 12.7 Å². The number of benzene rings is 2. The molecule has 0 aliphatic carbocycles. The molecule has 0 N–H and O–H groups in total. The van der Waals surface area contributed by atoms with Crippen molar-refractivity contribution in [2.24, 2.45) is 0 Å². The largest absolute Gasteiger partial charge is 0.497 e. The van der Waals surface area contributed by atoms with Gasteiger partial charge in [-0.3, -0.25) is 18.7 Å². The molecule has 0 atom stereocenters. The van der Waals surface area contributed by atoms with Gasteiger partial charge in [0.25, 0.3) is 0 Å². The van der Waals surface area contributed by atoms with E-state index in [1.165, 1.54) is 23.1 Å². The molecule has 31 heavy (non-hydrogen) atoms. The molecule has 160 valence electrons. The van der Waals surface area contributed by atoms with Crippen LogP contribution in [0.3, 0.4) is 0 Å². The third kappa shape index (κ3) is 4.49. The summed E-state index contributed by atoms with van der Waals surface area (Å²) in [5, 5.41) is 9.16. The van der Waals surface area contributed by atoms with Gasteiger partial charge in [0.05, 0.1) is 36.2 Å². The predicted octanol–water partition coefficient (Wildman–Crippen LogP) is 3.36. The van der Waals surface area contributed by atoms with Crippen molar-refractivity contribution in [3.8, 4) is 11.4 Å². The Morgan fingerprint density at radius 1 is 1.13 bits per heavy atom. The summed E-state index contributed by atoms with van der Waals surface area (Å²) in [6.07, 6.45) is 0. The second-order valence-electron chi connectivity index (χ2n) is 6.45. The van der Waals surface area contributed by atoms with Crippen LogP contribution in [0.2, 0.25) is 0 Å². The van der Waals surface area contributed by atoms with Crippen molar-refractivity contribution in [3.05, 3.63) is 64.0 Å². The van der Waals surface area contributed by atoms with Crippen LogP contribution in [0.5, 0.6) is 5.75 Å². The summed E-state index contributed by atoms with van der Waals surface area (Å²) in [4.78, 5) is 24.4. The van der Waals surface area contributed by atoms with Crippen LogP contribution >= 0.6 is 23.1 Å². The highest BCUT2D eigenvalue weighted by Crippen LogP contribution is 2.25. The lowest BCUT2D eigenvalue weighted by Crippen LogP contribution is -2.17. The van der Waals surface area contributed by atoms with Crippen molar-refractivity contribution < 1.29 is 14.3 Å². The normalized spacial score (nSPS) is 11.0. The summed E-state index contributed by atoms with van der Waals surface area (Å²) >= 11 is 2.44. The highest BCUT2D eigenvalue weighted by molar-refractivity contribution is 7.99. The van der Waals surface area contributed by atoms with E-state index in [-0.39, 0.29) is 23.1 Å². The molecule has 0 amide bonds. The molecule has 2 aromatic heterocycles. The summed E-state index contributed by atoms with van der Waals surface area (Å²) in [6.45, 7) is 2.34. The fourth-order valence-electron chi connectivity index (χ4n) is 3.12. The molecule has 0 saturated carbocycles. The number of hydrogen-bond donors (Lipinski definition) is 0. The first-order valence-corrected chi connectivity index (χ1v) is 11.4. The van der Waals surface area contributed by atoms with Gasteiger partial charge in [0.1, 0.15) is 5.75 Å². The Bertz CT molecular complexity index is 1260. The molecule has 0 spiro atoms. The zero-order valence-corrected chi connectivity index (χ0v) is 18.6. The fraction of sp³-hybridized carbons (Fsp3) is 0.238. The molecule has 8 nitrogen and oxygen atoms in total. The standard InChI is InChI=1S/C21H20N4O4S2/c1-3-29-19(26)13-30-20-23-22-18(25(20)14-8-10-15(28-2)11-9-14)12-24-16-6-4-5-7-17(16)31-21(24)27/h4-11H,3,12-13H2,1-2H3. The molecule has 2 heterocycles. The number of thiazole rings is 1. The van der Waals surface area contributed by atoms with Crippen LogP contribution in [-0.4, -0.2) is 44.8 Å². The number of nitrogens with zero attached hydrogens (tertiary/aromatic N) is 4. The quantitative estimate of drug-likeness (QED) is 0.297. The number of carbonyl (C=O) groups excluding carboxylic acids is 1. The SMILES string of the molecule is CCOC(=O)CSc1nnc(Cn2c(=O)sc3ccccc32)n1-c1ccc(OC)cc1. The van der Waals surface area contributed by atoms with E-state index in [1.54, 1.807) is 18.6 Å². The van der Waals surface area contributed by atoms with E-state index in [0.29, 0.717) is 17.6 Å². The number of aromatic nitrogens is 4. The zero-order chi connectivity index (χ0) is 21.8. The first-order chi connectivity index (χ1) is 15.1. The van der Waals surface area contributed by atoms with Gasteiger partial charge in [0.15, 0.2) is 11.0 Å². The molecular formula is C21H20N4O4S2. The van der Waals surface area contributed by atoms with Crippen molar-refractivity contribution >= 4 is 39.3 Å². The molecular weight excluding hydrogens is 436 g/mol. The van der Waals surface area contributed by atoms with Gasteiger partial charge in [-0.15, -0.1) is 10.2 Å². The lowest BCUT2D eigenvalue weighted by atomic mass is 10.3. The zero-order valence-electron chi connectivity index (χ0n) is 17.0. The average Bonchev–Trinajstić information content (AvgIpc) is 3.33. The van der Waals surface area contributed by atoms with E-state index in [9.17, 15) is 9.59 Å². The van der Waals surface area contributed by atoms with E-state index in [0.717, 1.165) is 21.7 Å². The predicted molar refractivity (Wildman–Crippen MR) is 120 cm³/mol. The Kier molecular flexibility index (Phi) is 6.38. The van der Waals surface area contributed by atoms with Crippen LogP contribution in [0.15, 0.2) is 58.5 Å². The second-order valence-corrected chi connectivity index (χ2v) is 8.38. The molecule has 2 aromatic carbocycles. The second kappa shape index (κ2) is 9.36. The number of hydrogen-bond acceptors (Lipinski definition) is 8. The monoisotopic (exact) mass is 456 g/mol. The Morgan fingerprint density at radius 2 is 1.90 bits per heavy atom. The van der Waals surface area contributed by atoms with Gasteiger partial charge < -0.3 is 9.47 Å². The average molecular weight is 457 g/mol. The van der Waals surface area contributed by atoms with Crippen LogP contribution < -0.4 is 9.61 Å². The number of ether oxygens (including phenoxy) is 2. The smallest absolute Gasteiger partial charge is 0.316 e. The Balaban J connectivity index is 1.73. The van der Waals surface area contributed by atoms with E-state index in [4.69, 9.17) is 9.47 Å². The third-order valence-electron chi connectivity index (χ3n) is 4.53. The van der Waals surface area contributed by atoms with Gasteiger partial charge in [-0.1, -0.05) is 35.2 Å². The summed E-state index contributed by atoms with van der Waals surface area (Å²) in [5.41, 5.74) is 1.65. The first-order valence-electron chi connectivity index (χ1n) is 9.56. The van der Waals surface area contributed by atoms with E-state index < -0.39 is 0 Å². The molecule has 4 aromatic rings. The van der Waals surface area contributed by atoms with Crippen molar-refractivity contribution in [1.29, 1.82) is 0 Å². The number of fused-ring (bicyclic) bond motifs is 1. The molecule has 0 fully saturated rings. The summed E-state index contributed by atoms with van der Waals surface area (Å²) in [7, 11) is 1.61. The van der Waals surface area contributed by atoms with Crippen LogP contribution in [0.25, 0.3) is 15.9 Å². The van der Waals surface area contributed by atoms with Gasteiger partial charge in [-0.05, 0) is 43.3 Å². The van der Waals surface area contributed by atoms with Gasteiger partial charge >= 0.3 is 10.8 Å². The Morgan fingerprint density at radius 3 is 2.65 bits per heavy atom. The Hall–Kier alpha value is -3.11. The minimum atomic E-state index is -0.321. The highest BCUT2D eigenvalue weighted by atomic mass is 32.2. The maximum atomic E-state index is 12.6. The number of methoxy groups -OCH3 is 1. The van der Waals surface area contributed by atoms with Gasteiger partial charge in [0, 0.05) is 5.69 Å². The lowest BCUT2D eigenvalue weighted by Gasteiger charge is -2.11. The maximum absolute atomic E-state index is 12.6. The molecule has 0 radical (unpaired) electrons. The molecule has 0 bridgehead atoms. The van der Waals surface area contributed by atoms with Crippen molar-refractivity contribution in [3.63, 3.8) is 0 Å². The van der Waals surface area contributed by atoms with Gasteiger partial charge in [0.2, 0.25) is 0 Å². The summed E-state index contributed by atoms with van der Waals surface area (Å²) in [6, 6.07) is 15.1. The molecule has 0 aliphatic rings. The minimum Gasteiger partial charge on any atom is -0.497 e. The van der Waals surface area contributed by atoms with Crippen molar-refractivity contribution in [1.82, 2.24) is 19.3 Å². The third-order valence-corrected chi connectivity index (χ3v) is 6.39. The Labute approximate surface area is 186 Å². The summed E-state index contributed by atoms with van der Waals surface area (Å²) in [5.74, 6) is 1.10. The van der Waals surface area contributed by atoms with E-state index >= 15 is 0 Å². The van der Waals surface area contributed by atoms with Gasteiger partial charge in [-0.2, -0.15) is 0 Å². The van der Waals surface area contributed by atoms with Crippen molar-refractivity contribution in [2.75, 3.05) is 19.5 Å². The van der Waals surface area contributed by atoms with Crippen LogP contribution in [0.4, 0.5) is 0 Å². The number of thioether (sulfide) groups is 1. The molecule has 0 saturated heterocycles. The van der Waals surface area contributed by atoms with Crippen LogP contribution in [-0.2, 0) is 16.1 Å². The lowest BCUT2D eigenvalue weighted by molar-refractivity contribution is -0.139. The molecule has 0 unspecified atom stereocenters. The van der Waals surface area contributed by atoms with Gasteiger partial charge in [-0.25, -0.2) is 0 Å². The van der Waals surface area contributed by atoms with Crippen molar-refractivity contribution in [2.45, 2.75) is 18.6 Å². The fourth-order valence-corrected chi connectivity index (χ4v) is 4.78. The number of esters is 1. The summed E-state index contributed by atoms with van der Waals surface area (Å²) < 4.78 is 14.7. The molecule has 0 aliphatic heterocycles. The highest BCUT2D eigenvalue weighted by Gasteiger charge is 2.18. The molecule has 4 rings (SSSR count). The number of rotatable bonds is 8. The first kappa shape index (κ1) is 21.1.